The molecule has 1 aromatic carbocycles. The number of anilines is 1. The first-order chi connectivity index (χ1) is 9.63. The van der Waals surface area contributed by atoms with Crippen LogP contribution in [0.5, 0.6) is 0 Å². The van der Waals surface area contributed by atoms with Crippen LogP contribution in [-0.2, 0) is 4.79 Å². The number of hydrogen-bond acceptors (Lipinski definition) is 2. The van der Waals surface area contributed by atoms with E-state index in [-0.39, 0.29) is 11.9 Å². The molecular formula is C16H23ClN2O. The van der Waals surface area contributed by atoms with E-state index in [1.807, 2.05) is 25.1 Å². The van der Waals surface area contributed by atoms with Crippen LogP contribution in [0.3, 0.4) is 0 Å². The largest absolute Gasteiger partial charge is 0.324 e. The number of nitrogens with zero attached hydrogens (tertiary/aromatic N) is 1. The van der Waals surface area contributed by atoms with Gasteiger partial charge in [-0.05, 0) is 57.0 Å². The molecule has 1 aliphatic heterocycles. The fourth-order valence-corrected chi connectivity index (χ4v) is 2.98. The summed E-state index contributed by atoms with van der Waals surface area (Å²) < 4.78 is 0. The number of likely N-dealkylation sites (tertiary alicyclic amines) is 1. The summed E-state index contributed by atoms with van der Waals surface area (Å²) in [5.41, 5.74) is 1.75. The van der Waals surface area contributed by atoms with Gasteiger partial charge in [0.25, 0.3) is 0 Å². The maximum absolute atomic E-state index is 12.5. The number of carbonyl (C=O) groups excluding carboxylic acids is 1. The Balaban J connectivity index is 2.08. The van der Waals surface area contributed by atoms with Crippen LogP contribution in [0, 0.1) is 6.92 Å². The molecule has 0 spiro atoms. The Bertz CT molecular complexity index is 474. The van der Waals surface area contributed by atoms with Crippen molar-refractivity contribution in [2.24, 2.45) is 0 Å². The summed E-state index contributed by atoms with van der Waals surface area (Å²) in [6.07, 6.45) is 4.36. The minimum Gasteiger partial charge on any atom is -0.324 e. The van der Waals surface area contributed by atoms with E-state index in [9.17, 15) is 4.79 Å². The molecule has 1 saturated heterocycles. The molecule has 1 aliphatic rings. The van der Waals surface area contributed by atoms with Crippen molar-refractivity contribution in [3.05, 3.63) is 28.8 Å². The number of hydrogen-bond donors (Lipinski definition) is 1. The maximum Gasteiger partial charge on any atom is 0.241 e. The second-order valence-corrected chi connectivity index (χ2v) is 5.86. The van der Waals surface area contributed by atoms with Crippen molar-refractivity contribution in [1.29, 1.82) is 0 Å². The van der Waals surface area contributed by atoms with Crippen molar-refractivity contribution < 1.29 is 4.79 Å². The van der Waals surface area contributed by atoms with Crippen LogP contribution in [0.1, 0.15) is 38.2 Å². The first-order valence-corrected chi connectivity index (χ1v) is 7.81. The number of rotatable bonds is 4. The molecule has 110 valence electrons. The smallest absolute Gasteiger partial charge is 0.241 e. The third kappa shape index (κ3) is 3.53. The molecule has 0 saturated carbocycles. The van der Waals surface area contributed by atoms with Gasteiger partial charge in [-0.3, -0.25) is 9.69 Å². The molecule has 1 heterocycles. The molecule has 1 atom stereocenters. The van der Waals surface area contributed by atoms with Gasteiger partial charge in [-0.2, -0.15) is 0 Å². The van der Waals surface area contributed by atoms with Gasteiger partial charge in [-0.1, -0.05) is 31.0 Å². The van der Waals surface area contributed by atoms with Crippen LogP contribution in [0.2, 0.25) is 5.02 Å². The monoisotopic (exact) mass is 294 g/mol. The van der Waals surface area contributed by atoms with E-state index in [2.05, 4.69) is 17.1 Å². The average molecular weight is 295 g/mol. The normalized spacial score (nSPS) is 19.9. The van der Waals surface area contributed by atoms with E-state index in [1.54, 1.807) is 0 Å². The fraction of sp³-hybridized carbons (Fsp3) is 0.562. The van der Waals surface area contributed by atoms with E-state index < -0.39 is 0 Å². The molecule has 1 N–H and O–H groups in total. The highest BCUT2D eigenvalue weighted by molar-refractivity contribution is 6.31. The summed E-state index contributed by atoms with van der Waals surface area (Å²) in [4.78, 5) is 14.8. The Hall–Kier alpha value is -1.06. The van der Waals surface area contributed by atoms with E-state index in [1.165, 1.54) is 6.42 Å². The van der Waals surface area contributed by atoms with E-state index >= 15 is 0 Å². The number of amides is 1. The van der Waals surface area contributed by atoms with Crippen molar-refractivity contribution in [3.8, 4) is 0 Å². The topological polar surface area (TPSA) is 32.3 Å². The highest BCUT2D eigenvalue weighted by Crippen LogP contribution is 2.24. The van der Waals surface area contributed by atoms with Gasteiger partial charge >= 0.3 is 0 Å². The zero-order chi connectivity index (χ0) is 14.5. The van der Waals surface area contributed by atoms with Crippen LogP contribution in [-0.4, -0.2) is 29.9 Å². The second-order valence-electron chi connectivity index (χ2n) is 5.45. The summed E-state index contributed by atoms with van der Waals surface area (Å²) in [6.45, 7) is 6.11. The molecular weight excluding hydrogens is 272 g/mol. The molecule has 1 amide bonds. The Kier molecular flexibility index (Phi) is 5.44. The Morgan fingerprint density at radius 2 is 2.25 bits per heavy atom. The average Bonchev–Trinajstić information content (AvgIpc) is 2.45. The minimum atomic E-state index is 0.00193. The Morgan fingerprint density at radius 1 is 1.45 bits per heavy atom. The molecule has 0 aromatic heterocycles. The van der Waals surface area contributed by atoms with Crippen molar-refractivity contribution in [1.82, 2.24) is 4.90 Å². The lowest BCUT2D eigenvalue weighted by atomic mass is 10.0. The van der Waals surface area contributed by atoms with Gasteiger partial charge in [-0.25, -0.2) is 0 Å². The van der Waals surface area contributed by atoms with Crippen molar-refractivity contribution >= 4 is 23.2 Å². The van der Waals surface area contributed by atoms with Gasteiger partial charge in [0.05, 0.1) is 6.04 Å². The third-order valence-electron chi connectivity index (χ3n) is 3.95. The zero-order valence-electron chi connectivity index (χ0n) is 12.3. The number of nitrogens with one attached hydrogen (secondary N) is 1. The van der Waals surface area contributed by atoms with Gasteiger partial charge in [0, 0.05) is 10.7 Å². The molecule has 1 aromatic rings. The molecule has 20 heavy (non-hydrogen) atoms. The Morgan fingerprint density at radius 3 is 3.00 bits per heavy atom. The number of benzene rings is 1. The molecule has 0 aliphatic carbocycles. The van der Waals surface area contributed by atoms with Gasteiger partial charge in [0.1, 0.15) is 0 Å². The Labute approximate surface area is 126 Å². The van der Waals surface area contributed by atoms with E-state index in [0.717, 1.165) is 43.6 Å². The summed E-state index contributed by atoms with van der Waals surface area (Å²) >= 11 is 6.10. The van der Waals surface area contributed by atoms with Crippen molar-refractivity contribution in [2.75, 3.05) is 18.4 Å². The maximum atomic E-state index is 12.5. The van der Waals surface area contributed by atoms with Crippen LogP contribution in [0.4, 0.5) is 5.69 Å². The van der Waals surface area contributed by atoms with Crippen molar-refractivity contribution in [2.45, 2.75) is 45.6 Å². The van der Waals surface area contributed by atoms with Gasteiger partial charge < -0.3 is 5.32 Å². The molecule has 3 nitrogen and oxygen atoms in total. The molecule has 0 radical (unpaired) electrons. The minimum absolute atomic E-state index is 0.00193. The molecule has 1 unspecified atom stereocenters. The highest BCUT2D eigenvalue weighted by atomic mass is 35.5. The van der Waals surface area contributed by atoms with Crippen LogP contribution in [0.25, 0.3) is 0 Å². The number of piperidine rings is 1. The predicted molar refractivity (Wildman–Crippen MR) is 84.3 cm³/mol. The quantitative estimate of drug-likeness (QED) is 0.915. The van der Waals surface area contributed by atoms with E-state index in [0.29, 0.717) is 5.02 Å². The molecule has 4 heteroatoms. The van der Waals surface area contributed by atoms with Gasteiger partial charge in [-0.15, -0.1) is 0 Å². The first kappa shape index (κ1) is 15.3. The predicted octanol–water partition coefficient (Wildman–Crippen LogP) is 3.85. The lowest BCUT2D eigenvalue weighted by Crippen LogP contribution is -2.47. The molecule has 0 bridgehead atoms. The standard InChI is InChI=1S/C16H23ClN2O/c1-3-10-19-11-5-4-9-15(19)16(20)18-14-8-6-7-13(17)12(14)2/h6-8,15H,3-5,9-11H2,1-2H3,(H,18,20). The lowest BCUT2D eigenvalue weighted by molar-refractivity contribution is -0.122. The SMILES string of the molecule is CCCN1CCCCC1C(=O)Nc1cccc(Cl)c1C. The molecule has 1 fully saturated rings. The van der Waals surface area contributed by atoms with Crippen LogP contribution in [0.15, 0.2) is 18.2 Å². The van der Waals surface area contributed by atoms with Gasteiger partial charge in [0.15, 0.2) is 0 Å². The fourth-order valence-electron chi connectivity index (χ4n) is 2.80. The summed E-state index contributed by atoms with van der Waals surface area (Å²) in [6, 6.07) is 5.63. The van der Waals surface area contributed by atoms with Gasteiger partial charge in [0.2, 0.25) is 5.91 Å². The first-order valence-electron chi connectivity index (χ1n) is 7.43. The summed E-state index contributed by atoms with van der Waals surface area (Å²) in [5.74, 6) is 0.100. The summed E-state index contributed by atoms with van der Waals surface area (Å²) in [5, 5.41) is 3.74. The molecule has 2 rings (SSSR count). The highest BCUT2D eigenvalue weighted by Gasteiger charge is 2.28. The lowest BCUT2D eigenvalue weighted by Gasteiger charge is -2.34. The number of carbonyl (C=O) groups is 1. The van der Waals surface area contributed by atoms with Crippen LogP contribution < -0.4 is 5.32 Å². The second kappa shape index (κ2) is 7.09. The van der Waals surface area contributed by atoms with Crippen LogP contribution >= 0.6 is 11.6 Å². The summed E-state index contributed by atoms with van der Waals surface area (Å²) in [7, 11) is 0. The third-order valence-corrected chi connectivity index (χ3v) is 4.36. The van der Waals surface area contributed by atoms with E-state index in [4.69, 9.17) is 11.6 Å². The zero-order valence-corrected chi connectivity index (χ0v) is 13.0. The van der Waals surface area contributed by atoms with Crippen molar-refractivity contribution in [3.63, 3.8) is 0 Å². The number of halogens is 1.